The molecule has 0 aromatic carbocycles. The minimum Gasteiger partial charge on any atom is -0.329 e. The Bertz CT molecular complexity index is 247. The smallest absolute Gasteiger partial charge is 0.329 e. The van der Waals surface area contributed by atoms with E-state index in [9.17, 15) is 13.6 Å². The summed E-state index contributed by atoms with van der Waals surface area (Å²) in [5.74, 6) is -4.55. The Morgan fingerprint density at radius 1 is 1.67 bits per heavy atom. The predicted molar refractivity (Wildman–Crippen MR) is 40.9 cm³/mol. The van der Waals surface area contributed by atoms with Gasteiger partial charge in [-0.15, -0.1) is 6.58 Å². The molecule has 0 atom stereocenters. The lowest BCUT2D eigenvalue weighted by Gasteiger charge is -2.11. The van der Waals surface area contributed by atoms with Crippen LogP contribution >= 0.6 is 0 Å². The van der Waals surface area contributed by atoms with Crippen LogP contribution < -0.4 is 0 Å². The lowest BCUT2D eigenvalue weighted by atomic mass is 10.2. The van der Waals surface area contributed by atoms with Crippen LogP contribution in [-0.4, -0.2) is 29.8 Å². The molecule has 0 aromatic heterocycles. The Morgan fingerprint density at radius 2 is 2.25 bits per heavy atom. The highest BCUT2D eigenvalue weighted by Crippen LogP contribution is 2.32. The van der Waals surface area contributed by atoms with Gasteiger partial charge in [0.25, 0.3) is 5.91 Å². The summed E-state index contributed by atoms with van der Waals surface area (Å²) in [5.41, 5.74) is -0.339. The molecule has 12 heavy (non-hydrogen) atoms. The van der Waals surface area contributed by atoms with E-state index in [1.807, 2.05) is 0 Å². The number of amides is 1. The van der Waals surface area contributed by atoms with Crippen LogP contribution in [0.25, 0.3) is 0 Å². The molecule has 1 rings (SSSR count). The minimum atomic E-state index is -3.37. The van der Waals surface area contributed by atoms with Crippen LogP contribution in [0.3, 0.4) is 0 Å². The molecule has 66 valence electrons. The van der Waals surface area contributed by atoms with E-state index in [1.165, 1.54) is 6.08 Å². The van der Waals surface area contributed by atoms with Gasteiger partial charge in [0.1, 0.15) is 0 Å². The predicted octanol–water partition coefficient (Wildman–Crippen LogP) is 1.21. The van der Waals surface area contributed by atoms with Crippen LogP contribution in [0.15, 0.2) is 24.8 Å². The van der Waals surface area contributed by atoms with Crippen molar-refractivity contribution >= 4 is 5.91 Å². The zero-order valence-corrected chi connectivity index (χ0v) is 6.52. The molecule has 0 bridgehead atoms. The molecule has 1 fully saturated rings. The Balaban J connectivity index is 2.83. The number of hydrogen-bond donors (Lipinski definition) is 0. The number of nitrogens with zero attached hydrogens (tertiary/aromatic N) is 1. The second kappa shape index (κ2) is 2.69. The average Bonchev–Trinajstić information content (AvgIpc) is 2.17. The van der Waals surface area contributed by atoms with Crippen LogP contribution in [0.4, 0.5) is 8.78 Å². The molecular formula is C8H9F2NO. The number of likely N-dealkylation sites (tertiary alicyclic amines) is 1. The summed E-state index contributed by atoms with van der Waals surface area (Å²) < 4.78 is 25.6. The van der Waals surface area contributed by atoms with Gasteiger partial charge >= 0.3 is 5.92 Å². The summed E-state index contributed by atoms with van der Waals surface area (Å²) in [5, 5.41) is 0. The quantitative estimate of drug-likeness (QED) is 0.575. The lowest BCUT2D eigenvalue weighted by Crippen LogP contribution is -2.33. The molecule has 4 heteroatoms. The number of carbonyl (C=O) groups excluding carboxylic acids is 1. The third kappa shape index (κ3) is 1.13. The van der Waals surface area contributed by atoms with E-state index in [-0.39, 0.29) is 18.7 Å². The highest BCUT2D eigenvalue weighted by molar-refractivity contribution is 5.90. The minimum absolute atomic E-state index is 0.0716. The van der Waals surface area contributed by atoms with E-state index in [2.05, 4.69) is 13.2 Å². The van der Waals surface area contributed by atoms with Crippen molar-refractivity contribution in [3.8, 4) is 0 Å². The standard InChI is InChI=1S/C8H9F2NO/c1-3-4-11-5-6(2)8(9,10)7(11)12/h3H,1-2,4-5H2. The number of carbonyl (C=O) groups is 1. The lowest BCUT2D eigenvalue weighted by molar-refractivity contribution is -0.144. The summed E-state index contributed by atoms with van der Waals surface area (Å²) >= 11 is 0. The molecule has 2 nitrogen and oxygen atoms in total. The van der Waals surface area contributed by atoms with Gasteiger partial charge in [0.2, 0.25) is 0 Å². The number of hydrogen-bond acceptors (Lipinski definition) is 1. The fourth-order valence-electron chi connectivity index (χ4n) is 1.05. The first-order chi connectivity index (χ1) is 5.50. The molecule has 0 aliphatic carbocycles. The van der Waals surface area contributed by atoms with E-state index < -0.39 is 11.8 Å². The summed E-state index contributed by atoms with van der Waals surface area (Å²) in [4.78, 5) is 11.9. The van der Waals surface area contributed by atoms with Crippen LogP contribution in [0, 0.1) is 0 Å². The molecule has 0 N–H and O–H groups in total. The molecular weight excluding hydrogens is 164 g/mol. The molecule has 0 saturated carbocycles. The van der Waals surface area contributed by atoms with Gasteiger partial charge in [0.15, 0.2) is 0 Å². The zero-order valence-electron chi connectivity index (χ0n) is 6.52. The largest absolute Gasteiger partial charge is 0.347 e. The second-order valence-corrected chi connectivity index (χ2v) is 2.65. The maximum atomic E-state index is 12.8. The number of rotatable bonds is 2. The Labute approximate surface area is 69.2 Å². The third-order valence-electron chi connectivity index (χ3n) is 1.73. The van der Waals surface area contributed by atoms with E-state index >= 15 is 0 Å². The second-order valence-electron chi connectivity index (χ2n) is 2.65. The maximum absolute atomic E-state index is 12.8. The zero-order chi connectivity index (χ0) is 9.35. The topological polar surface area (TPSA) is 20.3 Å². The van der Waals surface area contributed by atoms with Crippen molar-refractivity contribution in [2.24, 2.45) is 0 Å². The third-order valence-corrected chi connectivity index (χ3v) is 1.73. The van der Waals surface area contributed by atoms with Crippen LogP contribution in [-0.2, 0) is 4.79 Å². The average molecular weight is 173 g/mol. The van der Waals surface area contributed by atoms with Gasteiger partial charge in [-0.2, -0.15) is 8.78 Å². The summed E-state index contributed by atoms with van der Waals surface area (Å²) in [6.45, 7) is 6.58. The SMILES string of the molecule is C=CCN1CC(=C)C(F)(F)C1=O. The molecule has 1 aliphatic heterocycles. The van der Waals surface area contributed by atoms with E-state index in [0.717, 1.165) is 4.90 Å². The van der Waals surface area contributed by atoms with Crippen molar-refractivity contribution < 1.29 is 13.6 Å². The summed E-state index contributed by atoms with van der Waals surface area (Å²) in [7, 11) is 0. The first-order valence-corrected chi connectivity index (χ1v) is 3.46. The molecule has 1 aliphatic rings. The van der Waals surface area contributed by atoms with E-state index in [0.29, 0.717) is 0 Å². The molecule has 0 spiro atoms. The fourth-order valence-corrected chi connectivity index (χ4v) is 1.05. The van der Waals surface area contributed by atoms with Crippen LogP contribution in [0.5, 0.6) is 0 Å². The number of halogens is 2. The van der Waals surface area contributed by atoms with Gasteiger partial charge in [-0.1, -0.05) is 12.7 Å². The van der Waals surface area contributed by atoms with Crippen molar-refractivity contribution in [2.75, 3.05) is 13.1 Å². The Hall–Kier alpha value is -1.19. The highest BCUT2D eigenvalue weighted by atomic mass is 19.3. The molecule has 0 aromatic rings. The van der Waals surface area contributed by atoms with Crippen LogP contribution in [0.2, 0.25) is 0 Å². The van der Waals surface area contributed by atoms with Gasteiger partial charge in [0.05, 0.1) is 0 Å². The molecule has 0 unspecified atom stereocenters. The Morgan fingerprint density at radius 3 is 2.58 bits per heavy atom. The van der Waals surface area contributed by atoms with Gasteiger partial charge < -0.3 is 4.90 Å². The van der Waals surface area contributed by atoms with Crippen molar-refractivity contribution in [1.82, 2.24) is 4.90 Å². The van der Waals surface area contributed by atoms with Crippen molar-refractivity contribution in [3.05, 3.63) is 24.8 Å². The molecule has 1 saturated heterocycles. The van der Waals surface area contributed by atoms with E-state index in [4.69, 9.17) is 0 Å². The van der Waals surface area contributed by atoms with Gasteiger partial charge in [-0.3, -0.25) is 4.79 Å². The monoisotopic (exact) mass is 173 g/mol. The van der Waals surface area contributed by atoms with Crippen molar-refractivity contribution in [1.29, 1.82) is 0 Å². The van der Waals surface area contributed by atoms with Crippen molar-refractivity contribution in [2.45, 2.75) is 5.92 Å². The fraction of sp³-hybridized carbons (Fsp3) is 0.375. The molecule has 0 radical (unpaired) electrons. The normalized spacial score (nSPS) is 21.7. The Kier molecular flexibility index (Phi) is 2.00. The van der Waals surface area contributed by atoms with Crippen molar-refractivity contribution in [3.63, 3.8) is 0 Å². The van der Waals surface area contributed by atoms with Gasteiger partial charge in [-0.25, -0.2) is 0 Å². The molecule has 1 heterocycles. The first kappa shape index (κ1) is 8.90. The molecule has 1 amide bonds. The van der Waals surface area contributed by atoms with Crippen LogP contribution in [0.1, 0.15) is 0 Å². The maximum Gasteiger partial charge on any atom is 0.347 e. The summed E-state index contributed by atoms with van der Waals surface area (Å²) in [6, 6.07) is 0. The number of alkyl halides is 2. The van der Waals surface area contributed by atoms with Gasteiger partial charge in [0, 0.05) is 18.7 Å². The first-order valence-electron chi connectivity index (χ1n) is 3.46. The highest BCUT2D eigenvalue weighted by Gasteiger charge is 2.50. The van der Waals surface area contributed by atoms with Gasteiger partial charge in [-0.05, 0) is 0 Å². The van der Waals surface area contributed by atoms with E-state index in [1.54, 1.807) is 0 Å². The summed E-state index contributed by atoms with van der Waals surface area (Å²) in [6.07, 6.45) is 1.41.